The van der Waals surface area contributed by atoms with E-state index in [1.807, 2.05) is 26.0 Å². The Morgan fingerprint density at radius 2 is 2.06 bits per heavy atom. The van der Waals surface area contributed by atoms with Gasteiger partial charge in [0.1, 0.15) is 11.9 Å². The molecule has 0 radical (unpaired) electrons. The Hall–Kier alpha value is -1.84. The van der Waals surface area contributed by atoms with Crippen LogP contribution in [0.15, 0.2) is 30.4 Å². The van der Waals surface area contributed by atoms with Gasteiger partial charge in [-0.25, -0.2) is 0 Å². The van der Waals surface area contributed by atoms with E-state index in [9.17, 15) is 10.2 Å². The first kappa shape index (κ1) is 24.8. The van der Waals surface area contributed by atoms with Gasteiger partial charge in [0.05, 0.1) is 12.2 Å². The first-order valence-corrected chi connectivity index (χ1v) is 12.1. The van der Waals surface area contributed by atoms with Crippen LogP contribution in [0.5, 0.6) is 5.75 Å². The van der Waals surface area contributed by atoms with Crippen molar-refractivity contribution >= 4 is 0 Å². The number of hydrogen-bond acceptors (Lipinski definition) is 5. The van der Waals surface area contributed by atoms with Crippen LogP contribution in [0, 0.1) is 23.7 Å². The number of aliphatic hydroxyl groups is 3. The normalized spacial score (nSPS) is 25.7. The molecule has 6 atom stereocenters. The number of fused-ring (bicyclic) bond motifs is 3. The van der Waals surface area contributed by atoms with E-state index >= 15 is 0 Å². The number of hydrogen-bond donors (Lipinski definition) is 4. The molecule has 0 aromatic heterocycles. The Kier molecular flexibility index (Phi) is 9.62. The van der Waals surface area contributed by atoms with Crippen molar-refractivity contribution in [3.8, 4) is 17.6 Å². The van der Waals surface area contributed by atoms with Crippen LogP contribution in [0.4, 0.5) is 0 Å². The number of unbranched alkanes of at least 4 members (excludes halogenated alkanes) is 1. The molecule has 3 rings (SSSR count). The fourth-order valence-corrected chi connectivity index (χ4v) is 4.88. The van der Waals surface area contributed by atoms with Gasteiger partial charge in [-0.1, -0.05) is 37.3 Å². The lowest BCUT2D eigenvalue weighted by Crippen LogP contribution is -2.19. The van der Waals surface area contributed by atoms with Crippen molar-refractivity contribution in [1.82, 2.24) is 5.32 Å². The smallest absolute Gasteiger partial charge is 0.126 e. The topological polar surface area (TPSA) is 82.0 Å². The lowest BCUT2D eigenvalue weighted by molar-refractivity contribution is 0.134. The third-order valence-corrected chi connectivity index (χ3v) is 6.76. The maximum absolute atomic E-state index is 10.7. The zero-order chi connectivity index (χ0) is 22.9. The van der Waals surface area contributed by atoms with Crippen LogP contribution >= 0.6 is 0 Å². The Morgan fingerprint density at radius 3 is 2.84 bits per heavy atom. The molecule has 4 N–H and O–H groups in total. The van der Waals surface area contributed by atoms with Crippen LogP contribution in [0.25, 0.3) is 0 Å². The van der Waals surface area contributed by atoms with Crippen molar-refractivity contribution < 1.29 is 20.1 Å². The lowest BCUT2D eigenvalue weighted by Gasteiger charge is -2.19. The first-order chi connectivity index (χ1) is 15.6. The molecular formula is C27H39NO4. The van der Waals surface area contributed by atoms with Gasteiger partial charge in [0.2, 0.25) is 0 Å². The Labute approximate surface area is 192 Å². The van der Waals surface area contributed by atoms with Crippen LogP contribution in [0.3, 0.4) is 0 Å². The highest BCUT2D eigenvalue weighted by Crippen LogP contribution is 2.52. The summed E-state index contributed by atoms with van der Waals surface area (Å²) in [7, 11) is 0. The minimum atomic E-state index is -0.568. The van der Waals surface area contributed by atoms with Gasteiger partial charge in [-0.2, -0.15) is 0 Å². The van der Waals surface area contributed by atoms with Gasteiger partial charge in [-0.15, -0.1) is 11.8 Å². The molecule has 176 valence electrons. The highest BCUT2D eigenvalue weighted by molar-refractivity contribution is 5.49. The second-order valence-electron chi connectivity index (χ2n) is 9.17. The number of ether oxygens (including phenoxy) is 1. The average Bonchev–Trinajstić information content (AvgIpc) is 3.30. The summed E-state index contributed by atoms with van der Waals surface area (Å²) in [4.78, 5) is 0. The molecule has 5 heteroatoms. The molecular weight excluding hydrogens is 402 g/mol. The molecule has 2 aliphatic rings. The Morgan fingerprint density at radius 1 is 1.25 bits per heavy atom. The number of rotatable bonds is 12. The largest absolute Gasteiger partial charge is 0.489 e. The van der Waals surface area contributed by atoms with E-state index in [-0.39, 0.29) is 30.5 Å². The van der Waals surface area contributed by atoms with Gasteiger partial charge in [0.25, 0.3) is 0 Å². The molecule has 1 aliphatic heterocycles. The molecule has 0 unspecified atom stereocenters. The van der Waals surface area contributed by atoms with E-state index in [1.165, 1.54) is 11.1 Å². The standard InChI is InChI=1S/C27H39NO4/c1-3-4-9-19(2)23(30)14-13-21-24(31)18-25-26(21)22-12-7-11-20(27(22)32-25)10-5-6-15-28-16-8-17-29/h7,11-14,19,21,23-26,28-31H,5-6,8-10,15-18H2,1-2H3/b14-13+/t19-,21+,23-,24-,25+,26+/m1/s1. The SMILES string of the molecule is CC#CC[C@@H](C)[C@H](O)/C=C/[C@@H]1[C@H]2c3cccc(CCCCNCCCO)c3O[C@H]2C[C@H]1O. The maximum Gasteiger partial charge on any atom is 0.126 e. The summed E-state index contributed by atoms with van der Waals surface area (Å²) in [5, 5.41) is 33.4. The van der Waals surface area contributed by atoms with Crippen LogP contribution in [0.2, 0.25) is 0 Å². The number of benzene rings is 1. The number of aryl methyl sites for hydroxylation is 1. The van der Waals surface area contributed by atoms with Gasteiger partial charge in [-0.3, -0.25) is 0 Å². The molecule has 1 saturated carbocycles. The van der Waals surface area contributed by atoms with E-state index in [1.54, 1.807) is 0 Å². The predicted octanol–water partition coefficient (Wildman–Crippen LogP) is 3.17. The fourth-order valence-electron chi connectivity index (χ4n) is 4.88. The summed E-state index contributed by atoms with van der Waals surface area (Å²) in [5.74, 6) is 7.06. The molecule has 1 fully saturated rings. The molecule has 1 aromatic carbocycles. The average molecular weight is 442 g/mol. The molecule has 1 aromatic rings. The van der Waals surface area contributed by atoms with Gasteiger partial charge >= 0.3 is 0 Å². The predicted molar refractivity (Wildman–Crippen MR) is 128 cm³/mol. The first-order valence-electron chi connectivity index (χ1n) is 12.1. The second kappa shape index (κ2) is 12.4. The molecule has 0 saturated heterocycles. The van der Waals surface area contributed by atoms with Crippen molar-refractivity contribution in [3.63, 3.8) is 0 Å². The van der Waals surface area contributed by atoms with E-state index in [4.69, 9.17) is 9.84 Å². The molecule has 32 heavy (non-hydrogen) atoms. The fraction of sp³-hybridized carbons (Fsp3) is 0.630. The van der Waals surface area contributed by atoms with Crippen molar-refractivity contribution in [2.24, 2.45) is 11.8 Å². The number of para-hydroxylation sites is 1. The van der Waals surface area contributed by atoms with E-state index < -0.39 is 12.2 Å². The second-order valence-corrected chi connectivity index (χ2v) is 9.17. The highest BCUT2D eigenvalue weighted by atomic mass is 16.5. The Balaban J connectivity index is 1.62. The minimum Gasteiger partial charge on any atom is -0.489 e. The van der Waals surface area contributed by atoms with Crippen molar-refractivity contribution in [2.45, 2.75) is 76.6 Å². The van der Waals surface area contributed by atoms with E-state index in [0.29, 0.717) is 12.8 Å². The highest BCUT2D eigenvalue weighted by Gasteiger charge is 2.48. The van der Waals surface area contributed by atoms with Gasteiger partial charge in [-0.05, 0) is 57.2 Å². The van der Waals surface area contributed by atoms with Crippen molar-refractivity contribution in [3.05, 3.63) is 41.5 Å². The lowest BCUT2D eigenvalue weighted by atomic mass is 9.86. The van der Waals surface area contributed by atoms with Gasteiger partial charge in [0.15, 0.2) is 0 Å². The number of aliphatic hydroxyl groups excluding tert-OH is 3. The van der Waals surface area contributed by atoms with Crippen LogP contribution in [-0.2, 0) is 6.42 Å². The molecule has 0 amide bonds. The van der Waals surface area contributed by atoms with Gasteiger partial charge in [0, 0.05) is 36.8 Å². The molecule has 5 nitrogen and oxygen atoms in total. The van der Waals surface area contributed by atoms with Crippen molar-refractivity contribution in [1.29, 1.82) is 0 Å². The van der Waals surface area contributed by atoms with E-state index in [2.05, 4.69) is 35.4 Å². The Bertz CT molecular complexity index is 812. The number of nitrogens with one attached hydrogen (secondary N) is 1. The minimum absolute atomic E-state index is 0.00327. The summed E-state index contributed by atoms with van der Waals surface area (Å²) in [6.45, 7) is 5.87. The molecule has 0 bridgehead atoms. The summed E-state index contributed by atoms with van der Waals surface area (Å²) in [6, 6.07) is 6.39. The maximum atomic E-state index is 10.7. The zero-order valence-electron chi connectivity index (χ0n) is 19.5. The van der Waals surface area contributed by atoms with E-state index in [0.717, 1.165) is 44.5 Å². The van der Waals surface area contributed by atoms with Crippen LogP contribution in [0.1, 0.15) is 63.0 Å². The monoisotopic (exact) mass is 441 g/mol. The quantitative estimate of drug-likeness (QED) is 0.228. The summed E-state index contributed by atoms with van der Waals surface area (Å²) in [6.07, 6.45) is 8.03. The van der Waals surface area contributed by atoms with Crippen molar-refractivity contribution in [2.75, 3.05) is 19.7 Å². The third kappa shape index (κ3) is 6.14. The summed E-state index contributed by atoms with van der Waals surface area (Å²) < 4.78 is 6.36. The van der Waals surface area contributed by atoms with Crippen LogP contribution in [-0.4, -0.2) is 53.3 Å². The molecule has 0 spiro atoms. The van der Waals surface area contributed by atoms with Gasteiger partial charge < -0.3 is 25.4 Å². The molecule has 1 aliphatic carbocycles. The summed E-state index contributed by atoms with van der Waals surface area (Å²) >= 11 is 0. The zero-order valence-corrected chi connectivity index (χ0v) is 19.5. The van der Waals surface area contributed by atoms with Crippen LogP contribution < -0.4 is 10.1 Å². The molecule has 1 heterocycles. The summed E-state index contributed by atoms with van der Waals surface area (Å²) in [5.41, 5.74) is 2.44. The third-order valence-electron chi connectivity index (χ3n) is 6.76.